The third-order valence-corrected chi connectivity index (χ3v) is 3.71. The van der Waals surface area contributed by atoms with E-state index in [2.05, 4.69) is 17.1 Å². The zero-order chi connectivity index (χ0) is 13.4. The van der Waals surface area contributed by atoms with E-state index in [0.29, 0.717) is 12.5 Å². The molecule has 1 aliphatic rings. The quantitative estimate of drug-likeness (QED) is 0.745. The smallest absolute Gasteiger partial charge is 0.222 e. The summed E-state index contributed by atoms with van der Waals surface area (Å²) in [7, 11) is 3.66. The van der Waals surface area contributed by atoms with E-state index in [1.807, 2.05) is 14.1 Å². The molecule has 0 aliphatic carbocycles. The molecule has 1 N–H and O–H groups in total. The lowest BCUT2D eigenvalue weighted by Crippen LogP contribution is -2.46. The monoisotopic (exact) mass is 255 g/mol. The molecule has 18 heavy (non-hydrogen) atoms. The van der Waals surface area contributed by atoms with Crippen LogP contribution in [0.5, 0.6) is 0 Å². The van der Waals surface area contributed by atoms with Gasteiger partial charge in [0.2, 0.25) is 5.91 Å². The van der Waals surface area contributed by atoms with Crippen molar-refractivity contribution >= 4 is 5.91 Å². The van der Waals surface area contributed by atoms with Gasteiger partial charge in [-0.15, -0.1) is 0 Å². The van der Waals surface area contributed by atoms with Crippen LogP contribution in [-0.4, -0.2) is 62.0 Å². The van der Waals surface area contributed by atoms with E-state index < -0.39 is 0 Å². The molecular formula is C14H29N3O. The Morgan fingerprint density at radius 1 is 1.39 bits per heavy atom. The van der Waals surface area contributed by atoms with Crippen molar-refractivity contribution in [3.63, 3.8) is 0 Å². The molecule has 1 amide bonds. The Morgan fingerprint density at radius 3 is 2.83 bits per heavy atom. The van der Waals surface area contributed by atoms with Crippen LogP contribution in [0.3, 0.4) is 0 Å². The van der Waals surface area contributed by atoms with Crippen molar-refractivity contribution in [1.29, 1.82) is 0 Å². The predicted molar refractivity (Wildman–Crippen MR) is 75.7 cm³/mol. The maximum atomic E-state index is 11.5. The fourth-order valence-corrected chi connectivity index (χ4v) is 2.55. The fourth-order valence-electron chi connectivity index (χ4n) is 2.55. The number of carbonyl (C=O) groups excluding carboxylic acids is 1. The summed E-state index contributed by atoms with van der Waals surface area (Å²) in [5.41, 5.74) is 0. The van der Waals surface area contributed by atoms with Gasteiger partial charge >= 0.3 is 0 Å². The van der Waals surface area contributed by atoms with Crippen LogP contribution in [0, 0.1) is 0 Å². The van der Waals surface area contributed by atoms with E-state index in [1.54, 1.807) is 4.90 Å². The lowest BCUT2D eigenvalue weighted by molar-refractivity contribution is -0.128. The van der Waals surface area contributed by atoms with Crippen molar-refractivity contribution in [3.05, 3.63) is 0 Å². The molecule has 4 nitrogen and oxygen atoms in total. The largest absolute Gasteiger partial charge is 0.349 e. The van der Waals surface area contributed by atoms with Gasteiger partial charge in [0, 0.05) is 33.1 Å². The molecule has 1 rings (SSSR count). The molecule has 0 radical (unpaired) electrons. The number of rotatable bonds is 7. The number of likely N-dealkylation sites (N-methyl/N-ethyl adjacent to an activating group) is 1. The highest BCUT2D eigenvalue weighted by molar-refractivity contribution is 5.75. The van der Waals surface area contributed by atoms with Gasteiger partial charge in [-0.2, -0.15) is 0 Å². The minimum absolute atomic E-state index is 0.246. The highest BCUT2D eigenvalue weighted by atomic mass is 16.2. The first-order valence-corrected chi connectivity index (χ1v) is 7.30. The topological polar surface area (TPSA) is 35.6 Å². The second kappa shape index (κ2) is 8.48. The molecule has 1 fully saturated rings. The van der Waals surface area contributed by atoms with Crippen LogP contribution in [0.1, 0.15) is 39.0 Å². The molecule has 1 aliphatic heterocycles. The van der Waals surface area contributed by atoms with Crippen LogP contribution < -0.4 is 5.32 Å². The van der Waals surface area contributed by atoms with Gasteiger partial charge in [-0.1, -0.05) is 13.3 Å². The van der Waals surface area contributed by atoms with Gasteiger partial charge in [0.05, 0.1) is 0 Å². The number of piperidine rings is 1. The number of carbonyl (C=O) groups is 1. The molecule has 1 heterocycles. The summed E-state index contributed by atoms with van der Waals surface area (Å²) in [5.74, 6) is 0.246. The summed E-state index contributed by atoms with van der Waals surface area (Å²) in [6, 6.07) is 0.674. The van der Waals surface area contributed by atoms with Crippen LogP contribution in [0.4, 0.5) is 0 Å². The zero-order valence-electron chi connectivity index (χ0n) is 12.2. The minimum atomic E-state index is 0.246. The van der Waals surface area contributed by atoms with Crippen LogP contribution in [0.25, 0.3) is 0 Å². The lowest BCUT2D eigenvalue weighted by Gasteiger charge is -2.36. The number of hydrogen-bond donors (Lipinski definition) is 1. The van der Waals surface area contributed by atoms with Crippen LogP contribution in [0.2, 0.25) is 0 Å². The van der Waals surface area contributed by atoms with E-state index in [4.69, 9.17) is 0 Å². The van der Waals surface area contributed by atoms with Crippen molar-refractivity contribution in [2.75, 3.05) is 40.3 Å². The molecule has 1 atom stereocenters. The number of nitrogens with zero attached hydrogens (tertiary/aromatic N) is 2. The normalized spacial score (nSPS) is 20.9. The standard InChI is InChI=1S/C14H29N3O/c1-4-15-12-13-8-5-6-10-17(13)11-7-9-14(18)16(2)3/h13,15H,4-12H2,1-3H3. The van der Waals surface area contributed by atoms with Gasteiger partial charge in [-0.25, -0.2) is 0 Å². The Hall–Kier alpha value is -0.610. The maximum absolute atomic E-state index is 11.5. The highest BCUT2D eigenvalue weighted by Crippen LogP contribution is 2.17. The first-order chi connectivity index (χ1) is 8.65. The summed E-state index contributed by atoms with van der Waals surface area (Å²) in [5, 5.41) is 3.45. The Morgan fingerprint density at radius 2 is 2.17 bits per heavy atom. The van der Waals surface area contributed by atoms with Gasteiger partial charge in [0.1, 0.15) is 0 Å². The molecular weight excluding hydrogens is 226 g/mol. The molecule has 0 saturated carbocycles. The molecule has 0 aromatic rings. The second-order valence-corrected chi connectivity index (χ2v) is 5.38. The van der Waals surface area contributed by atoms with Gasteiger partial charge < -0.3 is 10.2 Å². The molecule has 1 saturated heterocycles. The van der Waals surface area contributed by atoms with Gasteiger partial charge in [-0.3, -0.25) is 9.69 Å². The van der Waals surface area contributed by atoms with Crippen LogP contribution in [-0.2, 0) is 4.79 Å². The fraction of sp³-hybridized carbons (Fsp3) is 0.929. The van der Waals surface area contributed by atoms with Crippen LogP contribution in [0.15, 0.2) is 0 Å². The number of amides is 1. The second-order valence-electron chi connectivity index (χ2n) is 5.38. The Labute approximate surface area is 112 Å². The number of hydrogen-bond acceptors (Lipinski definition) is 3. The molecule has 0 bridgehead atoms. The first-order valence-electron chi connectivity index (χ1n) is 7.30. The van der Waals surface area contributed by atoms with Gasteiger partial charge in [0.25, 0.3) is 0 Å². The van der Waals surface area contributed by atoms with Crippen molar-refractivity contribution in [1.82, 2.24) is 15.1 Å². The van der Waals surface area contributed by atoms with E-state index in [-0.39, 0.29) is 5.91 Å². The number of nitrogens with one attached hydrogen (secondary N) is 1. The van der Waals surface area contributed by atoms with Gasteiger partial charge in [-0.05, 0) is 38.9 Å². The SMILES string of the molecule is CCNCC1CCCCN1CCCC(=O)N(C)C. The van der Waals surface area contributed by atoms with E-state index >= 15 is 0 Å². The molecule has 106 valence electrons. The zero-order valence-corrected chi connectivity index (χ0v) is 12.2. The third-order valence-electron chi connectivity index (χ3n) is 3.71. The summed E-state index contributed by atoms with van der Waals surface area (Å²) in [4.78, 5) is 15.8. The molecule has 1 unspecified atom stereocenters. The molecule has 0 aromatic carbocycles. The Balaban J connectivity index is 2.26. The highest BCUT2D eigenvalue weighted by Gasteiger charge is 2.21. The summed E-state index contributed by atoms with van der Waals surface area (Å²) in [6.07, 6.45) is 5.62. The summed E-state index contributed by atoms with van der Waals surface area (Å²) >= 11 is 0. The van der Waals surface area contributed by atoms with E-state index in [9.17, 15) is 4.79 Å². The average Bonchev–Trinajstić information content (AvgIpc) is 2.37. The molecule has 4 heteroatoms. The lowest BCUT2D eigenvalue weighted by atomic mass is 10.0. The predicted octanol–water partition coefficient (Wildman–Crippen LogP) is 1.32. The van der Waals surface area contributed by atoms with Crippen molar-refractivity contribution < 1.29 is 4.79 Å². The van der Waals surface area contributed by atoms with Crippen molar-refractivity contribution in [2.24, 2.45) is 0 Å². The van der Waals surface area contributed by atoms with Gasteiger partial charge in [0.15, 0.2) is 0 Å². The molecule has 0 spiro atoms. The average molecular weight is 255 g/mol. The number of likely N-dealkylation sites (tertiary alicyclic amines) is 1. The minimum Gasteiger partial charge on any atom is -0.349 e. The molecule has 0 aromatic heterocycles. The van der Waals surface area contributed by atoms with Crippen molar-refractivity contribution in [3.8, 4) is 0 Å². The van der Waals surface area contributed by atoms with Crippen molar-refractivity contribution in [2.45, 2.75) is 45.1 Å². The Bertz CT molecular complexity index is 243. The summed E-state index contributed by atoms with van der Waals surface area (Å²) < 4.78 is 0. The third kappa shape index (κ3) is 5.36. The van der Waals surface area contributed by atoms with E-state index in [1.165, 1.54) is 25.8 Å². The van der Waals surface area contributed by atoms with E-state index in [0.717, 1.165) is 26.1 Å². The Kier molecular flexibility index (Phi) is 7.28. The summed E-state index contributed by atoms with van der Waals surface area (Å²) in [6.45, 7) is 6.56. The van der Waals surface area contributed by atoms with Crippen LogP contribution >= 0.6 is 0 Å². The first kappa shape index (κ1) is 15.4. The maximum Gasteiger partial charge on any atom is 0.222 e.